The minimum Gasteiger partial charge on any atom is -0.389 e. The van der Waals surface area contributed by atoms with Crippen LogP contribution in [0.5, 0.6) is 0 Å². The summed E-state index contributed by atoms with van der Waals surface area (Å²) in [5, 5.41) is 22.5. The standard InChI is InChI=1S/C10H21NO2/c1-3-9(12)11-8-6-4-5-7-10(8,2)13/h8-9,11-13H,3-7H2,1-2H3. The third kappa shape index (κ3) is 2.93. The van der Waals surface area contributed by atoms with Gasteiger partial charge in [0.1, 0.15) is 6.23 Å². The van der Waals surface area contributed by atoms with Crippen molar-refractivity contribution in [2.75, 3.05) is 0 Å². The van der Waals surface area contributed by atoms with Crippen molar-refractivity contribution in [3.63, 3.8) is 0 Å². The molecular weight excluding hydrogens is 166 g/mol. The van der Waals surface area contributed by atoms with Crippen molar-refractivity contribution in [3.05, 3.63) is 0 Å². The Labute approximate surface area is 80.2 Å². The lowest BCUT2D eigenvalue weighted by Crippen LogP contribution is -2.53. The first-order valence-corrected chi connectivity index (χ1v) is 5.22. The van der Waals surface area contributed by atoms with Gasteiger partial charge in [-0.25, -0.2) is 0 Å². The smallest absolute Gasteiger partial charge is 0.104 e. The third-order valence-electron chi connectivity index (χ3n) is 2.96. The Morgan fingerprint density at radius 1 is 1.54 bits per heavy atom. The second-order valence-electron chi connectivity index (χ2n) is 4.25. The van der Waals surface area contributed by atoms with Gasteiger partial charge in [0.2, 0.25) is 0 Å². The van der Waals surface area contributed by atoms with Gasteiger partial charge in [0.15, 0.2) is 0 Å². The average molecular weight is 187 g/mol. The molecule has 3 nitrogen and oxygen atoms in total. The van der Waals surface area contributed by atoms with Crippen molar-refractivity contribution < 1.29 is 10.2 Å². The predicted octanol–water partition coefficient (Wildman–Crippen LogP) is 0.998. The fraction of sp³-hybridized carbons (Fsp3) is 1.00. The van der Waals surface area contributed by atoms with E-state index in [0.29, 0.717) is 6.42 Å². The Morgan fingerprint density at radius 3 is 2.77 bits per heavy atom. The molecule has 3 atom stereocenters. The van der Waals surface area contributed by atoms with Gasteiger partial charge in [0.05, 0.1) is 5.60 Å². The van der Waals surface area contributed by atoms with Crippen LogP contribution in [0.1, 0.15) is 46.0 Å². The van der Waals surface area contributed by atoms with Gasteiger partial charge in [0.25, 0.3) is 0 Å². The van der Waals surface area contributed by atoms with Crippen LogP contribution in [0, 0.1) is 0 Å². The maximum atomic E-state index is 10.0. The summed E-state index contributed by atoms with van der Waals surface area (Å²) in [6, 6.07) is 0.0520. The third-order valence-corrected chi connectivity index (χ3v) is 2.96. The van der Waals surface area contributed by atoms with Crippen molar-refractivity contribution in [3.8, 4) is 0 Å². The topological polar surface area (TPSA) is 52.5 Å². The van der Waals surface area contributed by atoms with E-state index in [1.54, 1.807) is 0 Å². The van der Waals surface area contributed by atoms with E-state index >= 15 is 0 Å². The summed E-state index contributed by atoms with van der Waals surface area (Å²) in [4.78, 5) is 0. The van der Waals surface area contributed by atoms with Crippen LogP contribution in [0.2, 0.25) is 0 Å². The van der Waals surface area contributed by atoms with Crippen LogP contribution in [0.25, 0.3) is 0 Å². The summed E-state index contributed by atoms with van der Waals surface area (Å²) >= 11 is 0. The number of aliphatic hydroxyl groups is 2. The molecule has 3 heteroatoms. The van der Waals surface area contributed by atoms with Crippen LogP contribution in [-0.4, -0.2) is 28.1 Å². The van der Waals surface area contributed by atoms with Crippen molar-refractivity contribution in [1.29, 1.82) is 0 Å². The zero-order valence-corrected chi connectivity index (χ0v) is 8.58. The number of hydrogen-bond acceptors (Lipinski definition) is 3. The van der Waals surface area contributed by atoms with Crippen LogP contribution >= 0.6 is 0 Å². The second kappa shape index (κ2) is 4.40. The quantitative estimate of drug-likeness (QED) is 0.578. The number of aliphatic hydroxyl groups excluding tert-OH is 1. The van der Waals surface area contributed by atoms with E-state index in [4.69, 9.17) is 0 Å². The predicted molar refractivity (Wildman–Crippen MR) is 52.3 cm³/mol. The summed E-state index contributed by atoms with van der Waals surface area (Å²) in [6.45, 7) is 3.78. The Bertz CT molecular complexity index is 159. The lowest BCUT2D eigenvalue weighted by molar-refractivity contribution is -0.0321. The number of hydrogen-bond donors (Lipinski definition) is 3. The molecular formula is C10H21NO2. The molecule has 1 rings (SSSR count). The first kappa shape index (κ1) is 11.0. The highest BCUT2D eigenvalue weighted by molar-refractivity contribution is 4.91. The minimum absolute atomic E-state index is 0.0520. The molecule has 0 aromatic carbocycles. The maximum absolute atomic E-state index is 10.0. The summed E-state index contributed by atoms with van der Waals surface area (Å²) in [5.74, 6) is 0. The van der Waals surface area contributed by atoms with Gasteiger partial charge in [-0.2, -0.15) is 0 Å². The van der Waals surface area contributed by atoms with Crippen LogP contribution in [0.4, 0.5) is 0 Å². The molecule has 1 fully saturated rings. The van der Waals surface area contributed by atoms with Gasteiger partial charge >= 0.3 is 0 Å². The molecule has 13 heavy (non-hydrogen) atoms. The average Bonchev–Trinajstić information content (AvgIpc) is 2.08. The van der Waals surface area contributed by atoms with E-state index < -0.39 is 11.8 Å². The monoisotopic (exact) mass is 187 g/mol. The van der Waals surface area contributed by atoms with Gasteiger partial charge in [0, 0.05) is 6.04 Å². The van der Waals surface area contributed by atoms with Crippen LogP contribution < -0.4 is 5.32 Å². The second-order valence-corrected chi connectivity index (χ2v) is 4.25. The number of rotatable bonds is 3. The molecule has 3 unspecified atom stereocenters. The van der Waals surface area contributed by atoms with Gasteiger partial charge in [-0.15, -0.1) is 0 Å². The number of nitrogens with one attached hydrogen (secondary N) is 1. The lowest BCUT2D eigenvalue weighted by Gasteiger charge is -2.38. The Hall–Kier alpha value is -0.120. The SMILES string of the molecule is CCC(O)NC1CCCCC1(C)O. The molecule has 1 aliphatic carbocycles. The zero-order valence-electron chi connectivity index (χ0n) is 8.58. The Balaban J connectivity index is 2.46. The van der Waals surface area contributed by atoms with E-state index in [0.717, 1.165) is 25.7 Å². The van der Waals surface area contributed by atoms with E-state index in [1.165, 1.54) is 0 Å². The van der Waals surface area contributed by atoms with Gasteiger partial charge in [-0.1, -0.05) is 19.8 Å². The highest BCUT2D eigenvalue weighted by atomic mass is 16.3. The van der Waals surface area contributed by atoms with Gasteiger partial charge in [-0.05, 0) is 26.2 Å². The van der Waals surface area contributed by atoms with E-state index in [2.05, 4.69) is 5.32 Å². The van der Waals surface area contributed by atoms with Crippen molar-refractivity contribution in [2.45, 2.75) is 63.8 Å². The lowest BCUT2D eigenvalue weighted by atomic mass is 9.81. The molecule has 0 aromatic rings. The highest BCUT2D eigenvalue weighted by Crippen LogP contribution is 2.28. The summed E-state index contributed by atoms with van der Waals surface area (Å²) < 4.78 is 0. The fourth-order valence-electron chi connectivity index (χ4n) is 1.93. The van der Waals surface area contributed by atoms with E-state index in [9.17, 15) is 10.2 Å². The molecule has 1 saturated carbocycles. The first-order valence-electron chi connectivity index (χ1n) is 5.22. The Morgan fingerprint density at radius 2 is 2.23 bits per heavy atom. The molecule has 0 spiro atoms. The normalized spacial score (nSPS) is 37.4. The molecule has 0 aromatic heterocycles. The zero-order chi connectivity index (χ0) is 9.90. The van der Waals surface area contributed by atoms with E-state index in [1.807, 2.05) is 13.8 Å². The molecule has 0 bridgehead atoms. The highest BCUT2D eigenvalue weighted by Gasteiger charge is 2.34. The summed E-state index contributed by atoms with van der Waals surface area (Å²) in [5.41, 5.74) is -0.644. The minimum atomic E-state index is -0.644. The van der Waals surface area contributed by atoms with E-state index in [-0.39, 0.29) is 6.04 Å². The Kier molecular flexibility index (Phi) is 3.71. The maximum Gasteiger partial charge on any atom is 0.104 e. The first-order chi connectivity index (χ1) is 6.06. The van der Waals surface area contributed by atoms with Gasteiger partial charge < -0.3 is 10.2 Å². The summed E-state index contributed by atoms with van der Waals surface area (Å²) in [6.07, 6.45) is 4.24. The molecule has 0 heterocycles. The largest absolute Gasteiger partial charge is 0.389 e. The van der Waals surface area contributed by atoms with Crippen molar-refractivity contribution in [1.82, 2.24) is 5.32 Å². The van der Waals surface area contributed by atoms with Crippen molar-refractivity contribution >= 4 is 0 Å². The molecule has 0 saturated heterocycles. The van der Waals surface area contributed by atoms with Crippen LogP contribution in [-0.2, 0) is 0 Å². The van der Waals surface area contributed by atoms with Crippen LogP contribution in [0.3, 0.4) is 0 Å². The molecule has 0 amide bonds. The molecule has 78 valence electrons. The molecule has 1 aliphatic rings. The van der Waals surface area contributed by atoms with Crippen LogP contribution in [0.15, 0.2) is 0 Å². The van der Waals surface area contributed by atoms with Crippen molar-refractivity contribution in [2.24, 2.45) is 0 Å². The molecule has 3 N–H and O–H groups in total. The van der Waals surface area contributed by atoms with Gasteiger partial charge in [-0.3, -0.25) is 5.32 Å². The summed E-state index contributed by atoms with van der Waals surface area (Å²) in [7, 11) is 0. The molecule has 0 aliphatic heterocycles. The fourth-order valence-corrected chi connectivity index (χ4v) is 1.93. The molecule has 0 radical (unpaired) electrons.